The van der Waals surface area contributed by atoms with Gasteiger partial charge in [-0.05, 0) is 0 Å². The van der Waals surface area contributed by atoms with Crippen LogP contribution >= 0.6 is 0 Å². The van der Waals surface area contributed by atoms with Gasteiger partial charge in [0.15, 0.2) is 0 Å². The molecule has 2 heterocycles. The van der Waals surface area contributed by atoms with Gasteiger partial charge in [0.2, 0.25) is 11.9 Å². The van der Waals surface area contributed by atoms with Crippen LogP contribution in [-0.4, -0.2) is 58.9 Å². The lowest BCUT2D eigenvalue weighted by atomic mass is 10.4. The van der Waals surface area contributed by atoms with Crippen molar-refractivity contribution in [3.8, 4) is 0 Å². The van der Waals surface area contributed by atoms with E-state index in [0.29, 0.717) is 26.3 Å². The zero-order chi connectivity index (χ0) is 13.0. The van der Waals surface area contributed by atoms with Crippen LogP contribution in [0.15, 0.2) is 4.79 Å². The molecule has 1 aliphatic rings. The Balaban J connectivity index is 2.14. The molecule has 0 saturated carbocycles. The van der Waals surface area contributed by atoms with Gasteiger partial charge in [-0.25, -0.2) is 4.79 Å². The van der Waals surface area contributed by atoms with Gasteiger partial charge in [-0.15, -0.1) is 0 Å². The number of H-pyrrole nitrogens is 1. The molecule has 0 atom stereocenters. The number of hydrogen-bond acceptors (Lipinski definition) is 7. The van der Waals surface area contributed by atoms with E-state index in [1.807, 2.05) is 4.90 Å². The van der Waals surface area contributed by atoms with Crippen LogP contribution in [0.1, 0.15) is 0 Å². The van der Waals surface area contributed by atoms with Crippen LogP contribution in [0.3, 0.4) is 0 Å². The zero-order valence-electron chi connectivity index (χ0n) is 9.55. The Morgan fingerprint density at radius 2 is 2.17 bits per heavy atom. The first kappa shape index (κ1) is 12.3. The summed E-state index contributed by atoms with van der Waals surface area (Å²) in [5, 5.41) is 11.0. The molecule has 1 aliphatic heterocycles. The minimum absolute atomic E-state index is 0.0962. The number of hydrogen-bond donors (Lipinski definition) is 3. The second kappa shape index (κ2) is 5.45. The van der Waals surface area contributed by atoms with Gasteiger partial charge in [0, 0.05) is 13.1 Å². The maximum absolute atomic E-state index is 11.3. The topological polar surface area (TPSA) is 120 Å². The van der Waals surface area contributed by atoms with E-state index in [9.17, 15) is 9.59 Å². The average Bonchev–Trinajstić information content (AvgIpc) is 2.37. The first-order valence-corrected chi connectivity index (χ1v) is 5.42. The van der Waals surface area contributed by atoms with E-state index in [0.717, 1.165) is 0 Å². The number of aromatic nitrogens is 3. The molecule has 0 bridgehead atoms. The summed E-state index contributed by atoms with van der Waals surface area (Å²) in [5.74, 6) is -0.670. The minimum Gasteiger partial charge on any atom is -0.480 e. The summed E-state index contributed by atoms with van der Waals surface area (Å²) < 4.78 is 5.18. The highest BCUT2D eigenvalue weighted by atomic mass is 16.5. The number of aliphatic carboxylic acids is 1. The number of nitrogens with one attached hydrogen (secondary N) is 2. The first-order chi connectivity index (χ1) is 8.65. The number of carboxylic acid groups (broad SMARTS) is 1. The van der Waals surface area contributed by atoms with Crippen LogP contribution < -0.4 is 15.9 Å². The van der Waals surface area contributed by atoms with E-state index in [-0.39, 0.29) is 18.4 Å². The number of aromatic amines is 1. The second-order valence-corrected chi connectivity index (χ2v) is 3.65. The number of morpholine rings is 1. The summed E-state index contributed by atoms with van der Waals surface area (Å²) >= 11 is 0. The summed E-state index contributed by atoms with van der Waals surface area (Å²) in [4.78, 5) is 33.7. The molecule has 3 N–H and O–H groups in total. The molecule has 2 rings (SSSR count). The van der Waals surface area contributed by atoms with Crippen molar-refractivity contribution in [3.05, 3.63) is 10.5 Å². The molecule has 9 nitrogen and oxygen atoms in total. The van der Waals surface area contributed by atoms with Gasteiger partial charge in [-0.2, -0.15) is 9.97 Å². The Bertz CT molecular complexity index is 482. The Morgan fingerprint density at radius 1 is 1.44 bits per heavy atom. The molecule has 18 heavy (non-hydrogen) atoms. The fraction of sp³-hybridized carbons (Fsp3) is 0.556. The summed E-state index contributed by atoms with van der Waals surface area (Å²) in [6.45, 7) is 1.97. The largest absolute Gasteiger partial charge is 0.480 e. The fourth-order valence-electron chi connectivity index (χ4n) is 1.52. The van der Waals surface area contributed by atoms with Crippen molar-refractivity contribution in [1.82, 2.24) is 15.0 Å². The van der Waals surface area contributed by atoms with Crippen molar-refractivity contribution in [2.45, 2.75) is 0 Å². The van der Waals surface area contributed by atoms with Crippen molar-refractivity contribution in [3.63, 3.8) is 0 Å². The maximum Gasteiger partial charge on any atom is 0.350 e. The Morgan fingerprint density at radius 3 is 2.83 bits per heavy atom. The third-order valence-corrected chi connectivity index (χ3v) is 2.34. The lowest BCUT2D eigenvalue weighted by molar-refractivity contribution is -0.134. The zero-order valence-corrected chi connectivity index (χ0v) is 9.55. The summed E-state index contributed by atoms with van der Waals surface area (Å²) in [7, 11) is 0. The monoisotopic (exact) mass is 255 g/mol. The molecule has 98 valence electrons. The van der Waals surface area contributed by atoms with Crippen LogP contribution in [0.2, 0.25) is 0 Å². The van der Waals surface area contributed by atoms with Gasteiger partial charge in [0.25, 0.3) is 0 Å². The van der Waals surface area contributed by atoms with Gasteiger partial charge in [-0.3, -0.25) is 9.78 Å². The van der Waals surface area contributed by atoms with Crippen molar-refractivity contribution in [2.24, 2.45) is 0 Å². The predicted molar refractivity (Wildman–Crippen MR) is 61.8 cm³/mol. The number of carbonyl (C=O) groups is 1. The van der Waals surface area contributed by atoms with Crippen LogP contribution in [0, 0.1) is 0 Å². The minimum atomic E-state index is -1.04. The third-order valence-electron chi connectivity index (χ3n) is 2.34. The molecule has 9 heteroatoms. The molecule has 1 saturated heterocycles. The fourth-order valence-corrected chi connectivity index (χ4v) is 1.52. The molecule has 0 spiro atoms. The molecular weight excluding hydrogens is 242 g/mol. The normalized spacial score (nSPS) is 15.4. The van der Waals surface area contributed by atoms with Crippen molar-refractivity contribution in [1.29, 1.82) is 0 Å². The van der Waals surface area contributed by atoms with Gasteiger partial charge >= 0.3 is 11.7 Å². The Kier molecular flexibility index (Phi) is 3.72. The van der Waals surface area contributed by atoms with Gasteiger partial charge in [0.05, 0.1) is 13.2 Å². The molecule has 0 radical (unpaired) electrons. The standard InChI is InChI=1S/C9H13N5O4/c15-6(16)5-10-7-11-8(13-9(17)12-7)14-1-3-18-4-2-14/h1-5H2,(H,15,16)(H2,10,11,12,13,17). The highest BCUT2D eigenvalue weighted by Gasteiger charge is 2.15. The average molecular weight is 255 g/mol. The van der Waals surface area contributed by atoms with Crippen LogP contribution in [0.5, 0.6) is 0 Å². The smallest absolute Gasteiger partial charge is 0.350 e. The molecule has 0 unspecified atom stereocenters. The van der Waals surface area contributed by atoms with E-state index in [2.05, 4.69) is 20.3 Å². The number of anilines is 2. The predicted octanol–water partition coefficient (Wildman–Crippen LogP) is -1.50. The van der Waals surface area contributed by atoms with E-state index in [1.54, 1.807) is 0 Å². The SMILES string of the molecule is O=C(O)CNc1nc(N2CCOCC2)nc(=O)[nH]1. The summed E-state index contributed by atoms with van der Waals surface area (Å²) in [6, 6.07) is 0. The number of ether oxygens (including phenoxy) is 1. The van der Waals surface area contributed by atoms with E-state index in [1.165, 1.54) is 0 Å². The second-order valence-electron chi connectivity index (χ2n) is 3.65. The van der Waals surface area contributed by atoms with Crippen molar-refractivity contribution < 1.29 is 14.6 Å². The quantitative estimate of drug-likeness (QED) is 0.594. The lowest BCUT2D eigenvalue weighted by Gasteiger charge is -2.26. The van der Waals surface area contributed by atoms with E-state index in [4.69, 9.17) is 9.84 Å². The Hall–Kier alpha value is -2.16. The van der Waals surface area contributed by atoms with Crippen molar-refractivity contribution >= 4 is 17.9 Å². The lowest BCUT2D eigenvalue weighted by Crippen LogP contribution is -2.38. The molecular formula is C9H13N5O4. The van der Waals surface area contributed by atoms with E-state index < -0.39 is 11.7 Å². The van der Waals surface area contributed by atoms with Crippen LogP contribution in [0.4, 0.5) is 11.9 Å². The highest BCUT2D eigenvalue weighted by molar-refractivity contribution is 5.71. The van der Waals surface area contributed by atoms with E-state index >= 15 is 0 Å². The van der Waals surface area contributed by atoms with Crippen molar-refractivity contribution in [2.75, 3.05) is 43.1 Å². The molecule has 1 aromatic rings. The third kappa shape index (κ3) is 3.17. The molecule has 0 aliphatic carbocycles. The van der Waals surface area contributed by atoms with Gasteiger partial charge in [0.1, 0.15) is 6.54 Å². The van der Waals surface area contributed by atoms with Gasteiger partial charge in [-0.1, -0.05) is 0 Å². The number of carboxylic acids is 1. The highest BCUT2D eigenvalue weighted by Crippen LogP contribution is 2.08. The summed E-state index contributed by atoms with van der Waals surface area (Å²) in [6.07, 6.45) is 0. The van der Waals surface area contributed by atoms with Gasteiger partial charge < -0.3 is 20.1 Å². The van der Waals surface area contributed by atoms with Crippen LogP contribution in [0.25, 0.3) is 0 Å². The van der Waals surface area contributed by atoms with Crippen LogP contribution in [-0.2, 0) is 9.53 Å². The molecule has 1 aromatic heterocycles. The summed E-state index contributed by atoms with van der Waals surface area (Å²) in [5.41, 5.74) is -0.570. The molecule has 0 amide bonds. The number of nitrogens with zero attached hydrogens (tertiary/aromatic N) is 3. The molecule has 0 aromatic carbocycles. The number of rotatable bonds is 4. The molecule has 1 fully saturated rings. The Labute approximate surface area is 102 Å². The first-order valence-electron chi connectivity index (χ1n) is 5.42. The maximum atomic E-state index is 11.3.